The van der Waals surface area contributed by atoms with Crippen LogP contribution in [0.1, 0.15) is 27.2 Å². The Kier molecular flexibility index (Phi) is 1.00. The van der Waals surface area contributed by atoms with Crippen molar-refractivity contribution in [3.05, 3.63) is 11.1 Å². The fourth-order valence-electron chi connectivity index (χ4n) is 1.89. The van der Waals surface area contributed by atoms with Crippen LogP contribution in [0, 0.1) is 11.3 Å². The van der Waals surface area contributed by atoms with E-state index in [1.165, 1.54) is 0 Å². The Morgan fingerprint density at radius 3 is 1.82 bits per heavy atom. The van der Waals surface area contributed by atoms with E-state index in [9.17, 15) is 8.78 Å². The number of halogens is 2. The van der Waals surface area contributed by atoms with Gasteiger partial charge in [0.2, 0.25) is 0 Å². The number of rotatable bonds is 0. The molecule has 2 rings (SSSR count). The van der Waals surface area contributed by atoms with Crippen LogP contribution in [0.15, 0.2) is 11.1 Å². The number of hydrogen-bond acceptors (Lipinski definition) is 0. The van der Waals surface area contributed by atoms with Gasteiger partial charge in [-0.1, -0.05) is 26.3 Å². The first-order chi connectivity index (χ1) is 4.87. The third-order valence-corrected chi connectivity index (χ3v) is 3.17. The summed E-state index contributed by atoms with van der Waals surface area (Å²) in [7, 11) is 0. The van der Waals surface area contributed by atoms with Crippen molar-refractivity contribution in [2.45, 2.75) is 33.1 Å². The molecule has 0 bridgehead atoms. The molecule has 0 amide bonds. The van der Waals surface area contributed by atoms with Gasteiger partial charge in [-0.15, -0.1) is 0 Å². The number of hydrogen-bond donors (Lipinski definition) is 0. The summed E-state index contributed by atoms with van der Waals surface area (Å²) in [6.45, 7) is 6.10. The summed E-state index contributed by atoms with van der Waals surface area (Å²) in [6.07, 6.45) is 0.0239. The maximum atomic E-state index is 12.5. The zero-order valence-electron chi connectivity index (χ0n) is 7.04. The van der Waals surface area contributed by atoms with Crippen molar-refractivity contribution >= 4 is 0 Å². The molecule has 0 heterocycles. The first kappa shape index (κ1) is 7.26. The van der Waals surface area contributed by atoms with E-state index in [1.54, 1.807) is 0 Å². The van der Waals surface area contributed by atoms with E-state index >= 15 is 0 Å². The molecular weight excluding hydrogens is 146 g/mol. The Labute approximate surface area is 65.3 Å². The summed E-state index contributed by atoms with van der Waals surface area (Å²) in [5.41, 5.74) is 1.51. The molecule has 11 heavy (non-hydrogen) atoms. The molecule has 2 fully saturated rings. The van der Waals surface area contributed by atoms with E-state index in [-0.39, 0.29) is 11.8 Å². The Morgan fingerprint density at radius 2 is 1.73 bits per heavy atom. The standard InChI is InChI=1S/C9H12F2/c1-5-7(8(5,2)3)6-4-9(6,10)11/h5H,4H2,1-3H3. The van der Waals surface area contributed by atoms with Crippen LogP contribution < -0.4 is 0 Å². The molecule has 0 radical (unpaired) electrons. The Balaban J connectivity index is 2.30. The third kappa shape index (κ3) is 0.784. The predicted octanol–water partition coefficient (Wildman–Crippen LogP) is 3.00. The number of allylic oxidation sites excluding steroid dienone is 2. The average Bonchev–Trinajstić information content (AvgIpc) is 2.52. The minimum atomic E-state index is -2.43. The molecule has 0 aromatic heterocycles. The second-order valence-electron chi connectivity index (χ2n) is 4.22. The normalized spacial score (nSPS) is 43.9. The van der Waals surface area contributed by atoms with Crippen LogP contribution in [0.25, 0.3) is 0 Å². The van der Waals surface area contributed by atoms with Gasteiger partial charge in [-0.05, 0) is 11.3 Å². The minimum absolute atomic E-state index is 0.0239. The van der Waals surface area contributed by atoms with E-state index in [4.69, 9.17) is 0 Å². The number of alkyl halides is 2. The highest BCUT2D eigenvalue weighted by molar-refractivity contribution is 5.49. The van der Waals surface area contributed by atoms with Crippen molar-refractivity contribution in [2.24, 2.45) is 11.3 Å². The van der Waals surface area contributed by atoms with Crippen molar-refractivity contribution in [3.63, 3.8) is 0 Å². The summed E-state index contributed by atoms with van der Waals surface area (Å²) in [5.74, 6) is -2.05. The van der Waals surface area contributed by atoms with Crippen LogP contribution in [0.5, 0.6) is 0 Å². The topological polar surface area (TPSA) is 0 Å². The second-order valence-corrected chi connectivity index (χ2v) is 4.22. The van der Waals surface area contributed by atoms with Gasteiger partial charge >= 0.3 is 0 Å². The van der Waals surface area contributed by atoms with Crippen LogP contribution in [0.2, 0.25) is 0 Å². The highest BCUT2D eigenvalue weighted by Gasteiger charge is 2.62. The molecular formula is C9H12F2. The van der Waals surface area contributed by atoms with Gasteiger partial charge in [-0.2, -0.15) is 0 Å². The van der Waals surface area contributed by atoms with Gasteiger partial charge in [0, 0.05) is 12.0 Å². The van der Waals surface area contributed by atoms with Crippen molar-refractivity contribution in [2.75, 3.05) is 0 Å². The summed E-state index contributed by atoms with van der Waals surface area (Å²) in [4.78, 5) is 0. The summed E-state index contributed by atoms with van der Waals surface area (Å²) in [5, 5.41) is 0. The van der Waals surface area contributed by atoms with Crippen molar-refractivity contribution in [1.82, 2.24) is 0 Å². The Bertz CT molecular complexity index is 248. The van der Waals surface area contributed by atoms with Crippen LogP contribution >= 0.6 is 0 Å². The van der Waals surface area contributed by atoms with Crippen molar-refractivity contribution < 1.29 is 8.78 Å². The molecule has 2 heteroatoms. The molecule has 0 nitrogen and oxygen atoms in total. The van der Waals surface area contributed by atoms with Gasteiger partial charge in [0.25, 0.3) is 5.92 Å². The highest BCUT2D eigenvalue weighted by atomic mass is 19.3. The molecule has 2 aliphatic carbocycles. The van der Waals surface area contributed by atoms with Crippen LogP contribution in [0.4, 0.5) is 8.78 Å². The molecule has 1 atom stereocenters. The van der Waals surface area contributed by atoms with E-state index in [2.05, 4.69) is 0 Å². The molecule has 0 spiro atoms. The monoisotopic (exact) mass is 158 g/mol. The summed E-state index contributed by atoms with van der Waals surface area (Å²) < 4.78 is 25.1. The molecule has 1 unspecified atom stereocenters. The fourth-order valence-corrected chi connectivity index (χ4v) is 1.89. The maximum absolute atomic E-state index is 12.5. The Morgan fingerprint density at radius 1 is 1.36 bits per heavy atom. The van der Waals surface area contributed by atoms with Gasteiger partial charge < -0.3 is 0 Å². The first-order valence-electron chi connectivity index (χ1n) is 3.99. The van der Waals surface area contributed by atoms with E-state index in [1.807, 2.05) is 20.8 Å². The zero-order valence-corrected chi connectivity index (χ0v) is 7.04. The maximum Gasteiger partial charge on any atom is 0.273 e. The largest absolute Gasteiger partial charge is 0.273 e. The van der Waals surface area contributed by atoms with Gasteiger partial charge in [-0.3, -0.25) is 0 Å². The molecule has 0 aromatic carbocycles. The molecule has 0 aromatic rings. The minimum Gasteiger partial charge on any atom is -0.201 e. The van der Waals surface area contributed by atoms with Gasteiger partial charge in [0.05, 0.1) is 0 Å². The quantitative estimate of drug-likeness (QED) is 0.475. The van der Waals surface area contributed by atoms with Crippen molar-refractivity contribution in [3.8, 4) is 0 Å². The van der Waals surface area contributed by atoms with E-state index in [0.29, 0.717) is 11.5 Å². The van der Waals surface area contributed by atoms with Crippen LogP contribution in [-0.2, 0) is 0 Å². The van der Waals surface area contributed by atoms with Gasteiger partial charge in [-0.25, -0.2) is 8.78 Å². The van der Waals surface area contributed by atoms with E-state index < -0.39 is 5.92 Å². The average molecular weight is 158 g/mol. The lowest BCUT2D eigenvalue weighted by Gasteiger charge is -1.92. The SMILES string of the molecule is CC1C(=C2CC2(F)F)C1(C)C. The highest BCUT2D eigenvalue weighted by Crippen LogP contribution is 2.66. The summed E-state index contributed by atoms with van der Waals surface area (Å²) >= 11 is 0. The summed E-state index contributed by atoms with van der Waals surface area (Å²) in [6, 6.07) is 0. The van der Waals surface area contributed by atoms with Crippen molar-refractivity contribution in [1.29, 1.82) is 0 Å². The smallest absolute Gasteiger partial charge is 0.201 e. The van der Waals surface area contributed by atoms with Gasteiger partial charge in [0.15, 0.2) is 0 Å². The molecule has 0 aliphatic heterocycles. The van der Waals surface area contributed by atoms with E-state index in [0.717, 1.165) is 5.57 Å². The molecule has 0 N–H and O–H groups in total. The lowest BCUT2D eigenvalue weighted by Crippen LogP contribution is -1.86. The molecule has 0 saturated heterocycles. The molecule has 2 saturated carbocycles. The molecule has 62 valence electrons. The lowest BCUT2D eigenvalue weighted by atomic mass is 10.1. The van der Waals surface area contributed by atoms with Crippen LogP contribution in [0.3, 0.4) is 0 Å². The van der Waals surface area contributed by atoms with Crippen LogP contribution in [-0.4, -0.2) is 5.92 Å². The fraction of sp³-hybridized carbons (Fsp3) is 0.778. The second kappa shape index (κ2) is 1.52. The first-order valence-corrected chi connectivity index (χ1v) is 3.99. The van der Waals surface area contributed by atoms with Gasteiger partial charge in [0.1, 0.15) is 0 Å². The third-order valence-electron chi connectivity index (χ3n) is 3.17. The Hall–Kier alpha value is -0.400. The molecule has 2 aliphatic rings. The lowest BCUT2D eigenvalue weighted by molar-refractivity contribution is 0.136. The predicted molar refractivity (Wildman–Crippen MR) is 39.5 cm³/mol. The zero-order chi connectivity index (χ0) is 8.44.